The number of aromatic nitrogens is 4. The minimum atomic E-state index is 0.457. The molecule has 5 heterocycles. The van der Waals surface area contributed by atoms with E-state index in [2.05, 4.69) is 25.5 Å². The van der Waals surface area contributed by atoms with Crippen LogP contribution in [0.1, 0.15) is 48.0 Å². The van der Waals surface area contributed by atoms with Gasteiger partial charge < -0.3 is 14.2 Å². The van der Waals surface area contributed by atoms with E-state index in [-0.39, 0.29) is 0 Å². The van der Waals surface area contributed by atoms with Gasteiger partial charge in [0, 0.05) is 43.4 Å². The fourth-order valence-electron chi connectivity index (χ4n) is 5.32. The fourth-order valence-corrected chi connectivity index (χ4v) is 6.59. The second kappa shape index (κ2) is 8.48. The zero-order chi connectivity index (χ0) is 20.6. The van der Waals surface area contributed by atoms with Crippen molar-refractivity contribution in [1.82, 2.24) is 24.4 Å². The Morgan fingerprint density at radius 3 is 2.84 bits per heavy atom. The van der Waals surface area contributed by atoms with Crippen LogP contribution in [0.4, 0.5) is 5.82 Å². The molecule has 7 nitrogen and oxygen atoms in total. The van der Waals surface area contributed by atoms with E-state index >= 15 is 0 Å². The molecule has 0 saturated carbocycles. The maximum atomic E-state index is 5.53. The lowest BCUT2D eigenvalue weighted by Gasteiger charge is -2.35. The van der Waals surface area contributed by atoms with Gasteiger partial charge in [-0.3, -0.25) is 4.90 Å². The highest BCUT2D eigenvalue weighted by Gasteiger charge is 2.28. The van der Waals surface area contributed by atoms with Gasteiger partial charge in [-0.15, -0.1) is 11.3 Å². The molecule has 3 aromatic rings. The largest absolute Gasteiger partial charge is 0.379 e. The van der Waals surface area contributed by atoms with Gasteiger partial charge in [0.2, 0.25) is 0 Å². The quantitative estimate of drug-likeness (QED) is 0.622. The van der Waals surface area contributed by atoms with E-state index in [0.717, 1.165) is 51.8 Å². The smallest absolute Gasteiger partial charge is 0.146 e. The van der Waals surface area contributed by atoms with E-state index in [1.165, 1.54) is 60.1 Å². The molecule has 8 heteroatoms. The molecule has 0 radical (unpaired) electrons. The molecule has 3 aromatic heterocycles. The lowest BCUT2D eigenvalue weighted by molar-refractivity contribution is 0.0331. The Labute approximate surface area is 187 Å². The number of hydrogen-bond acceptors (Lipinski definition) is 7. The van der Waals surface area contributed by atoms with E-state index in [0.29, 0.717) is 6.04 Å². The Kier molecular flexibility index (Phi) is 5.37. The molecule has 1 unspecified atom stereocenters. The number of ether oxygens (including phenoxy) is 1. The van der Waals surface area contributed by atoms with Gasteiger partial charge in [0.1, 0.15) is 16.5 Å². The second-order valence-corrected chi connectivity index (χ2v) is 10.1. The van der Waals surface area contributed by atoms with Gasteiger partial charge in [-0.25, -0.2) is 15.0 Å². The standard InChI is InChI=1S/C23H30N6OS/c1-2-6-19-18(5-1)21-22(28-8-3-4-17(14-28)29-9-7-24-16-29)25-20(26-23(21)31-19)15-27-10-12-30-13-11-27/h7,9,16-17H,1-6,8,10-15H2. The van der Waals surface area contributed by atoms with E-state index in [4.69, 9.17) is 14.7 Å². The normalized spacial score (nSPS) is 22.7. The topological polar surface area (TPSA) is 59.3 Å². The van der Waals surface area contributed by atoms with Crippen molar-refractivity contribution < 1.29 is 4.74 Å². The van der Waals surface area contributed by atoms with Crippen LogP contribution in [0.5, 0.6) is 0 Å². The zero-order valence-corrected chi connectivity index (χ0v) is 18.8. The first kappa shape index (κ1) is 19.6. The Morgan fingerprint density at radius 2 is 1.97 bits per heavy atom. The van der Waals surface area contributed by atoms with Crippen LogP contribution in [0.2, 0.25) is 0 Å². The maximum Gasteiger partial charge on any atom is 0.146 e. The van der Waals surface area contributed by atoms with Crippen LogP contribution in [-0.2, 0) is 24.1 Å². The summed E-state index contributed by atoms with van der Waals surface area (Å²) in [5.74, 6) is 2.14. The van der Waals surface area contributed by atoms with Crippen LogP contribution in [-0.4, -0.2) is 63.8 Å². The van der Waals surface area contributed by atoms with Gasteiger partial charge in [0.25, 0.3) is 0 Å². The molecule has 2 saturated heterocycles. The van der Waals surface area contributed by atoms with E-state index in [9.17, 15) is 0 Å². The van der Waals surface area contributed by atoms with Gasteiger partial charge in [-0.05, 0) is 44.1 Å². The molecule has 31 heavy (non-hydrogen) atoms. The highest BCUT2D eigenvalue weighted by atomic mass is 32.1. The molecule has 0 amide bonds. The molecule has 1 aliphatic carbocycles. The first-order valence-electron chi connectivity index (χ1n) is 11.7. The summed E-state index contributed by atoms with van der Waals surface area (Å²) in [6.45, 7) is 6.41. The van der Waals surface area contributed by atoms with Crippen LogP contribution in [0.15, 0.2) is 18.7 Å². The Balaban J connectivity index is 1.39. The Morgan fingerprint density at radius 1 is 1.06 bits per heavy atom. The lowest BCUT2D eigenvalue weighted by atomic mass is 9.96. The Hall–Kier alpha value is -2.03. The first-order chi connectivity index (χ1) is 15.3. The van der Waals surface area contributed by atoms with Crippen molar-refractivity contribution in [3.8, 4) is 0 Å². The predicted molar refractivity (Wildman–Crippen MR) is 123 cm³/mol. The van der Waals surface area contributed by atoms with Gasteiger partial charge in [0.05, 0.1) is 37.5 Å². The number of piperidine rings is 1. The molecule has 0 spiro atoms. The summed E-state index contributed by atoms with van der Waals surface area (Å²) < 4.78 is 7.80. The van der Waals surface area contributed by atoms with Crippen molar-refractivity contribution in [2.75, 3.05) is 44.3 Å². The number of aryl methyl sites for hydroxylation is 2. The van der Waals surface area contributed by atoms with E-state index < -0.39 is 0 Å². The lowest BCUT2D eigenvalue weighted by Crippen LogP contribution is -2.38. The molecular formula is C23H30N6OS. The number of hydrogen-bond donors (Lipinski definition) is 0. The molecular weight excluding hydrogens is 408 g/mol. The first-order valence-corrected chi connectivity index (χ1v) is 12.5. The van der Waals surface area contributed by atoms with Gasteiger partial charge in [-0.1, -0.05) is 0 Å². The maximum absolute atomic E-state index is 5.53. The fraction of sp³-hybridized carbons (Fsp3) is 0.609. The number of nitrogens with zero attached hydrogens (tertiary/aromatic N) is 6. The van der Waals surface area contributed by atoms with Crippen LogP contribution in [0.3, 0.4) is 0 Å². The third-order valence-electron chi connectivity index (χ3n) is 6.95. The summed E-state index contributed by atoms with van der Waals surface area (Å²) in [7, 11) is 0. The molecule has 6 rings (SSSR count). The third kappa shape index (κ3) is 3.85. The third-order valence-corrected chi connectivity index (χ3v) is 8.14. The molecule has 0 N–H and O–H groups in total. The summed E-state index contributed by atoms with van der Waals surface area (Å²) in [4.78, 5) is 22.3. The van der Waals surface area contributed by atoms with Crippen molar-refractivity contribution in [2.24, 2.45) is 0 Å². The minimum Gasteiger partial charge on any atom is -0.379 e. The average Bonchev–Trinajstić information content (AvgIpc) is 3.47. The van der Waals surface area contributed by atoms with Crippen LogP contribution in [0, 0.1) is 0 Å². The van der Waals surface area contributed by atoms with E-state index in [1.54, 1.807) is 4.88 Å². The molecule has 0 bridgehead atoms. The molecule has 1 atom stereocenters. The summed E-state index contributed by atoms with van der Waals surface area (Å²) in [5, 5.41) is 1.34. The van der Waals surface area contributed by atoms with Gasteiger partial charge >= 0.3 is 0 Å². The summed E-state index contributed by atoms with van der Waals surface area (Å²) >= 11 is 1.92. The number of thiophene rings is 1. The molecule has 164 valence electrons. The van der Waals surface area contributed by atoms with Crippen molar-refractivity contribution >= 4 is 27.4 Å². The zero-order valence-electron chi connectivity index (χ0n) is 18.0. The SMILES string of the molecule is c1cn(C2CCCN(c3nc(CN4CCOCC4)nc4sc5c(c34)CCCC5)C2)cn1. The Bertz CT molecular complexity index is 1040. The molecule has 0 aromatic carbocycles. The minimum absolute atomic E-state index is 0.457. The summed E-state index contributed by atoms with van der Waals surface area (Å²) in [6.07, 6.45) is 13.3. The van der Waals surface area contributed by atoms with Crippen molar-refractivity contribution in [3.63, 3.8) is 0 Å². The van der Waals surface area contributed by atoms with Crippen LogP contribution in [0.25, 0.3) is 10.2 Å². The van der Waals surface area contributed by atoms with Crippen LogP contribution >= 0.6 is 11.3 Å². The van der Waals surface area contributed by atoms with E-state index in [1.807, 2.05) is 23.9 Å². The predicted octanol–water partition coefficient (Wildman–Crippen LogP) is 3.44. The van der Waals surface area contributed by atoms with Crippen molar-refractivity contribution in [1.29, 1.82) is 0 Å². The summed E-state index contributed by atoms with van der Waals surface area (Å²) in [5.41, 5.74) is 1.53. The highest BCUT2D eigenvalue weighted by Crippen LogP contribution is 2.41. The molecule has 2 fully saturated rings. The van der Waals surface area contributed by atoms with Crippen LogP contribution < -0.4 is 4.90 Å². The summed E-state index contributed by atoms with van der Waals surface area (Å²) in [6, 6.07) is 0.457. The van der Waals surface area contributed by atoms with Crippen molar-refractivity contribution in [3.05, 3.63) is 35.0 Å². The molecule has 2 aliphatic heterocycles. The van der Waals surface area contributed by atoms with Gasteiger partial charge in [0.15, 0.2) is 0 Å². The van der Waals surface area contributed by atoms with Crippen molar-refractivity contribution in [2.45, 2.75) is 51.1 Å². The second-order valence-electron chi connectivity index (χ2n) is 8.99. The monoisotopic (exact) mass is 438 g/mol. The number of anilines is 1. The number of imidazole rings is 1. The number of morpholine rings is 1. The number of fused-ring (bicyclic) bond motifs is 3. The average molecular weight is 439 g/mol. The van der Waals surface area contributed by atoms with Gasteiger partial charge in [-0.2, -0.15) is 0 Å². The molecule has 3 aliphatic rings. The number of rotatable bonds is 4. The highest BCUT2D eigenvalue weighted by molar-refractivity contribution is 7.19.